The summed E-state index contributed by atoms with van der Waals surface area (Å²) in [7, 11) is 0. The molecule has 8 nitrogen and oxygen atoms in total. The maximum Gasteiger partial charge on any atom is 0.324 e. The van der Waals surface area contributed by atoms with Crippen molar-refractivity contribution < 1.29 is 14.5 Å². The first-order valence-corrected chi connectivity index (χ1v) is 9.80. The largest absolute Gasteiger partial charge is 0.346 e. The summed E-state index contributed by atoms with van der Waals surface area (Å²) in [5.41, 5.74) is 3.93. The van der Waals surface area contributed by atoms with Crippen molar-refractivity contribution in [3.8, 4) is 0 Å². The number of nitro groups is 1. The van der Waals surface area contributed by atoms with Gasteiger partial charge in [0.15, 0.2) is 0 Å². The van der Waals surface area contributed by atoms with Crippen LogP contribution in [0.1, 0.15) is 21.9 Å². The average molecular weight is 422 g/mol. The van der Waals surface area contributed by atoms with E-state index in [1.165, 1.54) is 18.3 Å². The lowest BCUT2D eigenvalue weighted by molar-refractivity contribution is -0.380. The molecule has 0 fully saturated rings. The Balaban J connectivity index is 1.59. The van der Waals surface area contributed by atoms with Crippen LogP contribution in [0.3, 0.4) is 0 Å². The third-order valence-electron chi connectivity index (χ3n) is 4.12. The van der Waals surface area contributed by atoms with E-state index in [2.05, 4.69) is 15.8 Å². The van der Waals surface area contributed by atoms with Gasteiger partial charge in [0.25, 0.3) is 5.91 Å². The molecule has 0 saturated carbocycles. The number of nitrogens with zero attached hydrogens (tertiary/aromatic N) is 2. The molecule has 30 heavy (non-hydrogen) atoms. The molecule has 3 aromatic rings. The van der Waals surface area contributed by atoms with E-state index >= 15 is 0 Å². The van der Waals surface area contributed by atoms with E-state index in [9.17, 15) is 19.7 Å². The van der Waals surface area contributed by atoms with Crippen LogP contribution in [0.2, 0.25) is 0 Å². The zero-order chi connectivity index (χ0) is 21.3. The fourth-order valence-electron chi connectivity index (χ4n) is 2.77. The van der Waals surface area contributed by atoms with Gasteiger partial charge in [-0.2, -0.15) is 5.10 Å². The van der Waals surface area contributed by atoms with E-state index in [4.69, 9.17) is 0 Å². The number of amides is 2. The van der Waals surface area contributed by atoms with Gasteiger partial charge in [0.1, 0.15) is 0 Å². The molecule has 0 atom stereocenters. The third kappa shape index (κ3) is 5.58. The lowest BCUT2D eigenvalue weighted by Crippen LogP contribution is -2.37. The standard InChI is InChI=1S/C21H18N4O4S/c26-18(24-23-13-17-11-12-19(30-17)25(28)29)14-22-21(27)20(15-7-3-1-4-8-15)16-9-5-2-6-10-16/h1-13,20H,14H2,(H,22,27)(H,24,26)/b23-13+. The summed E-state index contributed by atoms with van der Waals surface area (Å²) in [6.07, 6.45) is 1.31. The van der Waals surface area contributed by atoms with E-state index in [1.54, 1.807) is 0 Å². The first-order valence-electron chi connectivity index (χ1n) is 8.98. The van der Waals surface area contributed by atoms with Crippen LogP contribution in [0.4, 0.5) is 5.00 Å². The quantitative estimate of drug-likeness (QED) is 0.330. The van der Waals surface area contributed by atoms with Crippen LogP contribution in [-0.4, -0.2) is 29.5 Å². The predicted molar refractivity (Wildman–Crippen MR) is 114 cm³/mol. The van der Waals surface area contributed by atoms with Crippen molar-refractivity contribution in [3.05, 3.63) is 98.9 Å². The Morgan fingerprint density at radius 3 is 2.13 bits per heavy atom. The lowest BCUT2D eigenvalue weighted by Gasteiger charge is -2.17. The fourth-order valence-corrected chi connectivity index (χ4v) is 3.47. The lowest BCUT2D eigenvalue weighted by atomic mass is 9.90. The van der Waals surface area contributed by atoms with Crippen molar-refractivity contribution in [1.29, 1.82) is 0 Å². The second-order valence-electron chi connectivity index (χ2n) is 6.20. The molecule has 0 bridgehead atoms. The molecule has 0 unspecified atom stereocenters. The summed E-state index contributed by atoms with van der Waals surface area (Å²) in [6, 6.07) is 21.5. The van der Waals surface area contributed by atoms with E-state index in [0.29, 0.717) is 4.88 Å². The van der Waals surface area contributed by atoms with Gasteiger partial charge < -0.3 is 5.32 Å². The number of benzene rings is 2. The maximum atomic E-state index is 12.8. The Kier molecular flexibility index (Phi) is 7.01. The van der Waals surface area contributed by atoms with Gasteiger partial charge in [-0.15, -0.1) is 0 Å². The van der Waals surface area contributed by atoms with Gasteiger partial charge in [-0.1, -0.05) is 72.0 Å². The van der Waals surface area contributed by atoms with Gasteiger partial charge in [-0.3, -0.25) is 19.7 Å². The second kappa shape index (κ2) is 10.1. The van der Waals surface area contributed by atoms with Crippen molar-refractivity contribution in [2.24, 2.45) is 5.10 Å². The highest BCUT2D eigenvalue weighted by Gasteiger charge is 2.22. The van der Waals surface area contributed by atoms with Crippen molar-refractivity contribution in [2.75, 3.05) is 6.54 Å². The summed E-state index contributed by atoms with van der Waals surface area (Å²) in [4.78, 5) is 35.5. The smallest absolute Gasteiger partial charge is 0.324 e. The average Bonchev–Trinajstić information content (AvgIpc) is 3.23. The molecule has 0 aliphatic carbocycles. The molecule has 0 aliphatic rings. The number of carbonyl (C=O) groups is 2. The first-order chi connectivity index (χ1) is 14.5. The SMILES string of the molecule is O=C(CNC(=O)C(c1ccccc1)c1ccccc1)N/N=C/c1ccc([N+](=O)[O-])s1. The highest BCUT2D eigenvalue weighted by atomic mass is 32.1. The topological polar surface area (TPSA) is 114 Å². The number of rotatable bonds is 8. The molecule has 9 heteroatoms. The zero-order valence-electron chi connectivity index (χ0n) is 15.7. The first kappa shape index (κ1) is 20.9. The summed E-state index contributed by atoms with van der Waals surface area (Å²) < 4.78 is 0. The van der Waals surface area contributed by atoms with Gasteiger partial charge in [0.2, 0.25) is 5.91 Å². The van der Waals surface area contributed by atoms with Crippen LogP contribution in [0.5, 0.6) is 0 Å². The van der Waals surface area contributed by atoms with Crippen LogP contribution >= 0.6 is 11.3 Å². The number of thiophene rings is 1. The predicted octanol–water partition coefficient (Wildman–Crippen LogP) is 3.05. The van der Waals surface area contributed by atoms with Crippen molar-refractivity contribution in [1.82, 2.24) is 10.7 Å². The number of hydrazone groups is 1. The highest BCUT2D eigenvalue weighted by molar-refractivity contribution is 7.16. The van der Waals surface area contributed by atoms with Gasteiger partial charge in [0.05, 0.1) is 28.5 Å². The van der Waals surface area contributed by atoms with Crippen molar-refractivity contribution in [3.63, 3.8) is 0 Å². The Labute approximate surface area is 176 Å². The van der Waals surface area contributed by atoms with E-state index in [1.807, 2.05) is 60.7 Å². The highest BCUT2D eigenvalue weighted by Crippen LogP contribution is 2.24. The molecule has 0 saturated heterocycles. The molecule has 152 valence electrons. The Morgan fingerprint density at radius 1 is 1.00 bits per heavy atom. The molecule has 2 N–H and O–H groups in total. The molecule has 1 aromatic heterocycles. The van der Waals surface area contributed by atoms with E-state index < -0.39 is 16.7 Å². The van der Waals surface area contributed by atoms with Crippen LogP contribution in [0.15, 0.2) is 77.9 Å². The van der Waals surface area contributed by atoms with E-state index in [-0.39, 0.29) is 17.5 Å². The molecule has 0 radical (unpaired) electrons. The molecule has 3 rings (SSSR count). The number of hydrogen-bond acceptors (Lipinski definition) is 6. The molecular weight excluding hydrogens is 404 g/mol. The van der Waals surface area contributed by atoms with Crippen molar-refractivity contribution >= 4 is 34.4 Å². The molecule has 2 aromatic carbocycles. The van der Waals surface area contributed by atoms with Gasteiger partial charge in [-0.25, -0.2) is 5.43 Å². The summed E-state index contributed by atoms with van der Waals surface area (Å²) in [5, 5.41) is 17.1. The molecule has 2 amide bonds. The van der Waals surface area contributed by atoms with E-state index in [0.717, 1.165) is 22.5 Å². The minimum atomic E-state index is -0.546. The number of nitrogens with one attached hydrogen (secondary N) is 2. The Hall–Kier alpha value is -3.85. The molecular formula is C21H18N4O4S. The second-order valence-corrected chi connectivity index (χ2v) is 7.29. The van der Waals surface area contributed by atoms with Gasteiger partial charge in [0, 0.05) is 6.07 Å². The maximum absolute atomic E-state index is 12.8. The minimum absolute atomic E-state index is 0.0112. The van der Waals surface area contributed by atoms with Crippen LogP contribution in [-0.2, 0) is 9.59 Å². The minimum Gasteiger partial charge on any atom is -0.346 e. The van der Waals surface area contributed by atoms with Crippen LogP contribution in [0.25, 0.3) is 0 Å². The molecule has 0 spiro atoms. The Bertz CT molecular complexity index is 1010. The molecule has 0 aliphatic heterocycles. The summed E-state index contributed by atoms with van der Waals surface area (Å²) in [5.74, 6) is -1.36. The van der Waals surface area contributed by atoms with Crippen LogP contribution < -0.4 is 10.7 Å². The third-order valence-corrected chi connectivity index (χ3v) is 5.10. The van der Waals surface area contributed by atoms with Gasteiger partial charge in [-0.05, 0) is 17.2 Å². The zero-order valence-corrected chi connectivity index (χ0v) is 16.5. The summed E-state index contributed by atoms with van der Waals surface area (Å²) >= 11 is 0.941. The monoisotopic (exact) mass is 422 g/mol. The Morgan fingerprint density at radius 2 is 1.60 bits per heavy atom. The molecule has 1 heterocycles. The number of carbonyl (C=O) groups excluding carboxylic acids is 2. The summed E-state index contributed by atoms with van der Waals surface area (Å²) in [6.45, 7) is -0.253. The number of hydrogen-bond donors (Lipinski definition) is 2. The fraction of sp³-hybridized carbons (Fsp3) is 0.0952. The van der Waals surface area contributed by atoms with Crippen LogP contribution in [0, 0.1) is 10.1 Å². The van der Waals surface area contributed by atoms with Gasteiger partial charge >= 0.3 is 5.00 Å². The van der Waals surface area contributed by atoms with Crippen molar-refractivity contribution in [2.45, 2.75) is 5.92 Å². The normalized spacial score (nSPS) is 10.8.